The van der Waals surface area contributed by atoms with E-state index in [0.717, 1.165) is 53.4 Å². The summed E-state index contributed by atoms with van der Waals surface area (Å²) < 4.78 is 0. The average molecular weight is 448 g/mol. The summed E-state index contributed by atoms with van der Waals surface area (Å²) in [6, 6.07) is 15.3. The fourth-order valence-corrected chi connectivity index (χ4v) is 6.11. The quantitative estimate of drug-likeness (QED) is 0.611. The number of piperazine rings is 1. The van der Waals surface area contributed by atoms with Crippen molar-refractivity contribution in [2.75, 3.05) is 6.54 Å². The van der Waals surface area contributed by atoms with Gasteiger partial charge < -0.3 is 14.8 Å². The highest BCUT2D eigenvalue weighted by Crippen LogP contribution is 2.43. The second-order valence-corrected chi connectivity index (χ2v) is 9.73. The average Bonchev–Trinajstić information content (AvgIpc) is 3.20. The van der Waals surface area contributed by atoms with Crippen LogP contribution in [0.5, 0.6) is 0 Å². The van der Waals surface area contributed by atoms with Crippen LogP contribution < -0.4 is 0 Å². The van der Waals surface area contributed by atoms with E-state index in [9.17, 15) is 9.59 Å². The van der Waals surface area contributed by atoms with Crippen molar-refractivity contribution in [3.8, 4) is 0 Å². The SMILES string of the molecule is O=C1[C@@H]2Cc3c([nH]c4ccccc34)[C@@H](c3ccc(Cl)cc3)N2C(=O)CN1C1CCCCC1. The Kier molecular flexibility index (Phi) is 4.76. The summed E-state index contributed by atoms with van der Waals surface area (Å²) in [5, 5.41) is 1.79. The number of carbonyl (C=O) groups excluding carboxylic acids is 2. The maximum absolute atomic E-state index is 13.8. The number of halogens is 1. The normalized spacial score (nSPS) is 24.0. The number of amides is 2. The molecule has 6 heteroatoms. The van der Waals surface area contributed by atoms with E-state index in [4.69, 9.17) is 11.6 Å². The molecule has 3 aliphatic rings. The molecule has 2 fully saturated rings. The van der Waals surface area contributed by atoms with Crippen molar-refractivity contribution in [1.29, 1.82) is 0 Å². The van der Waals surface area contributed by atoms with E-state index >= 15 is 0 Å². The number of nitrogens with zero attached hydrogens (tertiary/aromatic N) is 2. The summed E-state index contributed by atoms with van der Waals surface area (Å²) in [6.45, 7) is 0.180. The number of fused-ring (bicyclic) bond motifs is 4. The van der Waals surface area contributed by atoms with E-state index in [-0.39, 0.29) is 30.4 Å². The molecule has 3 heterocycles. The number of hydrogen-bond acceptors (Lipinski definition) is 2. The van der Waals surface area contributed by atoms with Crippen molar-refractivity contribution >= 4 is 34.3 Å². The van der Waals surface area contributed by atoms with Crippen LogP contribution >= 0.6 is 11.6 Å². The van der Waals surface area contributed by atoms with Gasteiger partial charge in [0.15, 0.2) is 0 Å². The van der Waals surface area contributed by atoms with Crippen molar-refractivity contribution in [1.82, 2.24) is 14.8 Å². The first-order chi connectivity index (χ1) is 15.6. The second-order valence-electron chi connectivity index (χ2n) is 9.30. The lowest BCUT2D eigenvalue weighted by Gasteiger charge is -2.49. The third-order valence-corrected chi connectivity index (χ3v) is 7.75. The molecule has 2 atom stereocenters. The highest BCUT2D eigenvalue weighted by atomic mass is 35.5. The van der Waals surface area contributed by atoms with Gasteiger partial charge >= 0.3 is 0 Å². The van der Waals surface area contributed by atoms with E-state index < -0.39 is 6.04 Å². The van der Waals surface area contributed by atoms with Crippen molar-refractivity contribution in [2.45, 2.75) is 56.7 Å². The number of aromatic amines is 1. The number of rotatable bonds is 2. The number of nitrogens with one attached hydrogen (secondary N) is 1. The smallest absolute Gasteiger partial charge is 0.246 e. The molecular weight excluding hydrogens is 422 g/mol. The van der Waals surface area contributed by atoms with Gasteiger partial charge in [-0.25, -0.2) is 0 Å². The minimum Gasteiger partial charge on any atom is -0.356 e. The molecule has 32 heavy (non-hydrogen) atoms. The molecule has 5 nitrogen and oxygen atoms in total. The molecule has 164 valence electrons. The van der Waals surface area contributed by atoms with Gasteiger partial charge in [0.05, 0.1) is 6.04 Å². The Hall–Kier alpha value is -2.79. The Labute approximate surface area is 192 Å². The molecule has 0 unspecified atom stereocenters. The number of aromatic nitrogens is 1. The Bertz CT molecular complexity index is 1200. The van der Waals surface area contributed by atoms with Crippen LogP contribution in [0.4, 0.5) is 0 Å². The third-order valence-electron chi connectivity index (χ3n) is 7.49. The van der Waals surface area contributed by atoms with E-state index in [1.165, 1.54) is 6.42 Å². The Morgan fingerprint density at radius 3 is 2.47 bits per heavy atom. The molecule has 1 aromatic heterocycles. The van der Waals surface area contributed by atoms with Crippen LogP contribution in [-0.2, 0) is 16.0 Å². The molecule has 0 spiro atoms. The standard InChI is InChI=1S/C26H26ClN3O2/c27-17-12-10-16(11-13-17)25-24-20(19-8-4-5-9-21(19)28-24)14-22-26(32)29(15-23(31)30(22)25)18-6-2-1-3-7-18/h4-5,8-13,18,22,25,28H,1-3,6-7,14-15H2/t22-,25+/m0/s1. The van der Waals surface area contributed by atoms with Crippen LogP contribution in [0, 0.1) is 0 Å². The maximum Gasteiger partial charge on any atom is 0.246 e. The van der Waals surface area contributed by atoms with Crippen LogP contribution in [0.25, 0.3) is 10.9 Å². The molecule has 1 N–H and O–H groups in total. The van der Waals surface area contributed by atoms with Gasteiger partial charge in [0, 0.05) is 34.1 Å². The summed E-state index contributed by atoms with van der Waals surface area (Å²) in [5.41, 5.74) is 4.17. The number of carbonyl (C=O) groups is 2. The van der Waals surface area contributed by atoms with Crippen molar-refractivity contribution < 1.29 is 9.59 Å². The molecule has 6 rings (SSSR count). The zero-order valence-corrected chi connectivity index (χ0v) is 18.6. The molecule has 2 aromatic carbocycles. The lowest BCUT2D eigenvalue weighted by molar-refractivity contribution is -0.161. The number of H-pyrrole nitrogens is 1. The first kappa shape index (κ1) is 19.9. The zero-order valence-electron chi connectivity index (χ0n) is 17.9. The van der Waals surface area contributed by atoms with Crippen LogP contribution in [0.15, 0.2) is 48.5 Å². The topological polar surface area (TPSA) is 56.4 Å². The Morgan fingerprint density at radius 1 is 0.938 bits per heavy atom. The van der Waals surface area contributed by atoms with Gasteiger partial charge in [-0.1, -0.05) is 61.2 Å². The summed E-state index contributed by atoms with van der Waals surface area (Å²) in [6.07, 6.45) is 6.06. The Balaban J connectivity index is 1.48. The van der Waals surface area contributed by atoms with E-state index in [0.29, 0.717) is 11.4 Å². The van der Waals surface area contributed by atoms with Crippen molar-refractivity contribution in [3.63, 3.8) is 0 Å². The van der Waals surface area contributed by atoms with Crippen LogP contribution in [0.2, 0.25) is 5.02 Å². The monoisotopic (exact) mass is 447 g/mol. The minimum atomic E-state index is -0.467. The second kappa shape index (κ2) is 7.66. The summed E-state index contributed by atoms with van der Waals surface area (Å²) in [4.78, 5) is 34.7. The zero-order chi connectivity index (χ0) is 21.8. The molecule has 2 amide bonds. The fourth-order valence-electron chi connectivity index (χ4n) is 5.98. The molecule has 1 aliphatic carbocycles. The highest BCUT2D eigenvalue weighted by molar-refractivity contribution is 6.30. The fraction of sp³-hybridized carbons (Fsp3) is 0.385. The third kappa shape index (κ3) is 3.06. The van der Waals surface area contributed by atoms with Gasteiger partial charge in [-0.3, -0.25) is 9.59 Å². The van der Waals surface area contributed by atoms with Gasteiger partial charge in [0.25, 0.3) is 0 Å². The van der Waals surface area contributed by atoms with E-state index in [2.05, 4.69) is 17.1 Å². The molecule has 2 aliphatic heterocycles. The molecule has 1 saturated heterocycles. The molecule has 3 aromatic rings. The minimum absolute atomic E-state index is 0.0319. The lowest BCUT2D eigenvalue weighted by Crippen LogP contribution is -2.64. The van der Waals surface area contributed by atoms with Crippen LogP contribution in [-0.4, -0.2) is 45.2 Å². The molecule has 0 bridgehead atoms. The molecular formula is C26H26ClN3O2. The van der Waals surface area contributed by atoms with Gasteiger partial charge in [0.1, 0.15) is 12.6 Å². The van der Waals surface area contributed by atoms with Crippen molar-refractivity contribution in [3.05, 3.63) is 70.4 Å². The highest BCUT2D eigenvalue weighted by Gasteiger charge is 2.49. The Morgan fingerprint density at radius 2 is 1.69 bits per heavy atom. The number of benzene rings is 2. The number of hydrogen-bond donors (Lipinski definition) is 1. The summed E-state index contributed by atoms with van der Waals surface area (Å²) in [5.74, 6) is 0.135. The largest absolute Gasteiger partial charge is 0.356 e. The predicted octanol–water partition coefficient (Wildman–Crippen LogP) is 4.84. The number of para-hydroxylation sites is 1. The van der Waals surface area contributed by atoms with Crippen molar-refractivity contribution in [2.24, 2.45) is 0 Å². The molecule has 1 saturated carbocycles. The summed E-state index contributed by atoms with van der Waals surface area (Å²) >= 11 is 6.16. The van der Waals surface area contributed by atoms with Gasteiger partial charge in [0.2, 0.25) is 11.8 Å². The first-order valence-electron chi connectivity index (χ1n) is 11.6. The maximum atomic E-state index is 13.8. The lowest BCUT2D eigenvalue weighted by atomic mass is 9.85. The van der Waals surface area contributed by atoms with Gasteiger partial charge in [-0.2, -0.15) is 0 Å². The van der Waals surface area contributed by atoms with Gasteiger partial charge in [-0.05, 0) is 42.2 Å². The molecule has 0 radical (unpaired) electrons. The van der Waals surface area contributed by atoms with Crippen LogP contribution in [0.3, 0.4) is 0 Å². The van der Waals surface area contributed by atoms with Crippen LogP contribution in [0.1, 0.15) is 55.0 Å². The van der Waals surface area contributed by atoms with E-state index in [1.807, 2.05) is 46.2 Å². The van der Waals surface area contributed by atoms with Gasteiger partial charge in [-0.15, -0.1) is 0 Å². The predicted molar refractivity (Wildman–Crippen MR) is 125 cm³/mol. The van der Waals surface area contributed by atoms with E-state index in [1.54, 1.807) is 0 Å². The summed E-state index contributed by atoms with van der Waals surface area (Å²) in [7, 11) is 0. The first-order valence-corrected chi connectivity index (χ1v) is 12.0.